The predicted octanol–water partition coefficient (Wildman–Crippen LogP) is 2.60. The molecule has 1 N–H and O–H groups in total. The quantitative estimate of drug-likeness (QED) is 0.781. The van der Waals surface area contributed by atoms with Crippen LogP contribution in [0.3, 0.4) is 0 Å². The molecule has 3 rings (SSSR count). The summed E-state index contributed by atoms with van der Waals surface area (Å²) in [5.41, 5.74) is 4.12. The van der Waals surface area contributed by atoms with Crippen molar-refractivity contribution in [2.45, 2.75) is 53.0 Å². The van der Waals surface area contributed by atoms with E-state index in [1.54, 1.807) is 11.2 Å². The number of carbonyl (C=O) groups excluding carboxylic acids is 3. The average molecular weight is 414 g/mol. The van der Waals surface area contributed by atoms with E-state index in [2.05, 4.69) is 32.2 Å². The third-order valence-electron chi connectivity index (χ3n) is 5.54. The Labute approximate surface area is 177 Å². The number of piperazine rings is 1. The van der Waals surface area contributed by atoms with E-state index >= 15 is 0 Å². The van der Waals surface area contributed by atoms with Crippen molar-refractivity contribution in [1.29, 1.82) is 0 Å². The van der Waals surface area contributed by atoms with E-state index in [1.807, 2.05) is 19.9 Å². The summed E-state index contributed by atoms with van der Waals surface area (Å²) in [5.74, 6) is -0.728. The van der Waals surface area contributed by atoms with Gasteiger partial charge < -0.3 is 19.5 Å². The molecule has 0 aliphatic carbocycles. The summed E-state index contributed by atoms with van der Waals surface area (Å²) >= 11 is 0. The maximum atomic E-state index is 12.9. The van der Waals surface area contributed by atoms with E-state index < -0.39 is 11.8 Å². The number of carbonyl (C=O) groups is 3. The molecule has 1 aromatic carbocycles. The minimum absolute atomic E-state index is 0.00287. The van der Waals surface area contributed by atoms with E-state index in [0.717, 1.165) is 16.5 Å². The van der Waals surface area contributed by atoms with Gasteiger partial charge in [0, 0.05) is 43.2 Å². The van der Waals surface area contributed by atoms with Gasteiger partial charge in [-0.3, -0.25) is 14.4 Å². The Bertz CT molecular complexity index is 953. The van der Waals surface area contributed by atoms with Crippen molar-refractivity contribution in [3.8, 4) is 0 Å². The summed E-state index contributed by atoms with van der Waals surface area (Å²) in [6.07, 6.45) is 1.93. The fourth-order valence-corrected chi connectivity index (χ4v) is 3.90. The molecule has 0 saturated carbocycles. The second-order valence-electron chi connectivity index (χ2n) is 8.60. The fourth-order valence-electron chi connectivity index (χ4n) is 3.90. The van der Waals surface area contributed by atoms with Crippen LogP contribution >= 0.6 is 0 Å². The molecule has 1 saturated heterocycles. The molecule has 3 amide bonds. The molecule has 0 bridgehead atoms. The number of hydrogen-bond acceptors (Lipinski definition) is 4. The first-order chi connectivity index (χ1) is 14.2. The Kier molecular flexibility index (Phi) is 6.48. The van der Waals surface area contributed by atoms with E-state index in [4.69, 9.17) is 4.42 Å². The molecule has 2 aromatic rings. The second kappa shape index (κ2) is 8.90. The lowest BCUT2D eigenvalue weighted by atomic mass is 9.95. The van der Waals surface area contributed by atoms with Crippen LogP contribution in [0.25, 0.3) is 11.0 Å². The van der Waals surface area contributed by atoms with E-state index in [1.165, 1.54) is 16.0 Å². The lowest BCUT2D eigenvalue weighted by Gasteiger charge is -2.34. The van der Waals surface area contributed by atoms with Crippen LogP contribution in [0, 0.1) is 6.92 Å². The number of benzene rings is 1. The summed E-state index contributed by atoms with van der Waals surface area (Å²) < 4.78 is 5.69. The van der Waals surface area contributed by atoms with Crippen molar-refractivity contribution in [1.82, 2.24) is 15.1 Å². The van der Waals surface area contributed by atoms with Gasteiger partial charge in [-0.05, 0) is 49.9 Å². The van der Waals surface area contributed by atoms with E-state index in [0.29, 0.717) is 32.1 Å². The lowest BCUT2D eigenvalue weighted by Crippen LogP contribution is -2.54. The Morgan fingerprint density at radius 2 is 1.67 bits per heavy atom. The minimum atomic E-state index is -0.592. The van der Waals surface area contributed by atoms with E-state index in [9.17, 15) is 14.4 Å². The zero-order chi connectivity index (χ0) is 22.0. The molecule has 2 heterocycles. The van der Waals surface area contributed by atoms with Gasteiger partial charge in [-0.25, -0.2) is 0 Å². The summed E-state index contributed by atoms with van der Waals surface area (Å²) in [4.78, 5) is 40.2. The Morgan fingerprint density at radius 3 is 2.27 bits per heavy atom. The van der Waals surface area contributed by atoms with Crippen LogP contribution in [0.5, 0.6) is 0 Å². The van der Waals surface area contributed by atoms with Crippen molar-refractivity contribution < 1.29 is 18.8 Å². The van der Waals surface area contributed by atoms with Crippen LogP contribution in [0.1, 0.15) is 50.3 Å². The molecule has 162 valence electrons. The highest BCUT2D eigenvalue weighted by molar-refractivity contribution is 6.35. The number of nitrogens with zero attached hydrogens (tertiary/aromatic N) is 2. The molecule has 0 unspecified atom stereocenters. The molecule has 1 aromatic heterocycles. The van der Waals surface area contributed by atoms with Crippen molar-refractivity contribution in [3.63, 3.8) is 0 Å². The third kappa shape index (κ3) is 4.66. The molecule has 0 atom stereocenters. The standard InChI is InChI=1S/C23H31N3O4/c1-14(2)18-12-19-17(13-30-20(19)10-16(18)5)11-21(27)25-6-8-26(9-7-25)23(29)22(28)24-15(3)4/h10,12-15H,6-9,11H2,1-5H3,(H,24,28). The summed E-state index contributed by atoms with van der Waals surface area (Å²) in [6.45, 7) is 11.6. The third-order valence-corrected chi connectivity index (χ3v) is 5.54. The zero-order valence-electron chi connectivity index (χ0n) is 18.4. The first kappa shape index (κ1) is 21.9. The predicted molar refractivity (Wildman–Crippen MR) is 115 cm³/mol. The monoisotopic (exact) mass is 413 g/mol. The number of furan rings is 1. The average Bonchev–Trinajstić information content (AvgIpc) is 3.07. The van der Waals surface area contributed by atoms with Crippen LogP contribution in [0.2, 0.25) is 0 Å². The van der Waals surface area contributed by atoms with Gasteiger partial charge in [0.15, 0.2) is 0 Å². The topological polar surface area (TPSA) is 82.9 Å². The highest BCUT2D eigenvalue weighted by Crippen LogP contribution is 2.29. The largest absolute Gasteiger partial charge is 0.464 e. The molecule has 7 nitrogen and oxygen atoms in total. The smallest absolute Gasteiger partial charge is 0.312 e. The zero-order valence-corrected chi connectivity index (χ0v) is 18.4. The Morgan fingerprint density at radius 1 is 1.03 bits per heavy atom. The molecule has 7 heteroatoms. The van der Waals surface area contributed by atoms with Crippen LogP contribution in [0.4, 0.5) is 0 Å². The molecule has 1 aliphatic rings. The molecular formula is C23H31N3O4. The summed E-state index contributed by atoms with van der Waals surface area (Å²) in [7, 11) is 0. The van der Waals surface area contributed by atoms with E-state index in [-0.39, 0.29) is 18.4 Å². The summed E-state index contributed by atoms with van der Waals surface area (Å²) in [5, 5.41) is 3.60. The van der Waals surface area contributed by atoms with Gasteiger partial charge in [-0.2, -0.15) is 0 Å². The Balaban J connectivity index is 1.63. The molecule has 0 radical (unpaired) electrons. The number of aryl methyl sites for hydroxylation is 1. The normalized spacial score (nSPS) is 14.6. The highest BCUT2D eigenvalue weighted by atomic mass is 16.3. The van der Waals surface area contributed by atoms with Crippen molar-refractivity contribution in [2.24, 2.45) is 0 Å². The van der Waals surface area contributed by atoms with Gasteiger partial charge in [0.2, 0.25) is 5.91 Å². The van der Waals surface area contributed by atoms with Gasteiger partial charge in [0.25, 0.3) is 0 Å². The number of fused-ring (bicyclic) bond motifs is 1. The van der Waals surface area contributed by atoms with Crippen LogP contribution in [-0.2, 0) is 20.8 Å². The second-order valence-corrected chi connectivity index (χ2v) is 8.60. The van der Waals surface area contributed by atoms with Crippen LogP contribution in [-0.4, -0.2) is 59.7 Å². The van der Waals surface area contributed by atoms with Gasteiger partial charge in [-0.1, -0.05) is 13.8 Å². The van der Waals surface area contributed by atoms with Crippen LogP contribution in [0.15, 0.2) is 22.8 Å². The van der Waals surface area contributed by atoms with Crippen molar-refractivity contribution in [2.75, 3.05) is 26.2 Å². The van der Waals surface area contributed by atoms with Crippen molar-refractivity contribution in [3.05, 3.63) is 35.1 Å². The number of rotatable bonds is 4. The molecular weight excluding hydrogens is 382 g/mol. The molecule has 0 spiro atoms. The fraction of sp³-hybridized carbons (Fsp3) is 0.522. The van der Waals surface area contributed by atoms with Gasteiger partial charge in [0.05, 0.1) is 12.7 Å². The summed E-state index contributed by atoms with van der Waals surface area (Å²) in [6, 6.07) is 4.07. The number of nitrogens with one attached hydrogen (secondary N) is 1. The highest BCUT2D eigenvalue weighted by Gasteiger charge is 2.28. The molecule has 1 fully saturated rings. The maximum Gasteiger partial charge on any atom is 0.312 e. The first-order valence-corrected chi connectivity index (χ1v) is 10.6. The Hall–Kier alpha value is -2.83. The van der Waals surface area contributed by atoms with Gasteiger partial charge in [-0.15, -0.1) is 0 Å². The van der Waals surface area contributed by atoms with Gasteiger partial charge in [0.1, 0.15) is 5.58 Å². The molecule has 30 heavy (non-hydrogen) atoms. The van der Waals surface area contributed by atoms with Gasteiger partial charge >= 0.3 is 11.8 Å². The number of hydrogen-bond donors (Lipinski definition) is 1. The first-order valence-electron chi connectivity index (χ1n) is 10.6. The van der Waals surface area contributed by atoms with Crippen molar-refractivity contribution >= 4 is 28.7 Å². The van der Waals surface area contributed by atoms with Crippen LogP contribution < -0.4 is 5.32 Å². The minimum Gasteiger partial charge on any atom is -0.464 e. The molecule has 1 aliphatic heterocycles. The maximum absolute atomic E-state index is 12.9. The lowest BCUT2D eigenvalue weighted by molar-refractivity contribution is -0.148. The number of amides is 3. The SMILES string of the molecule is Cc1cc2occ(CC(=O)N3CCN(C(=O)C(=O)NC(C)C)CC3)c2cc1C(C)C.